The largest absolute Gasteiger partial charge is 0.312 e. The summed E-state index contributed by atoms with van der Waals surface area (Å²) in [5.74, 6) is 0.224. The Balaban J connectivity index is 2.18. The number of piperazine rings is 1. The molecule has 2 aromatic rings. The zero-order valence-corrected chi connectivity index (χ0v) is 17.1. The van der Waals surface area contributed by atoms with Gasteiger partial charge >= 0.3 is 0 Å². The molecule has 3 rings (SSSR count). The van der Waals surface area contributed by atoms with E-state index < -0.39 is 5.82 Å². The molecular weight excluding hydrogens is 399 g/mol. The fraction of sp³-hybridized carbons (Fsp3) is 0.579. The Morgan fingerprint density at radius 2 is 2.19 bits per heavy atom. The lowest BCUT2D eigenvalue weighted by Gasteiger charge is -2.38. The van der Waals surface area contributed by atoms with E-state index in [9.17, 15) is 9.18 Å². The van der Waals surface area contributed by atoms with E-state index in [1.54, 1.807) is 10.6 Å². The third kappa shape index (κ3) is 3.70. The topological polar surface area (TPSA) is 50.2 Å². The summed E-state index contributed by atoms with van der Waals surface area (Å²) < 4.78 is 16.8. The lowest BCUT2D eigenvalue weighted by Crippen LogP contribution is -2.51. The van der Waals surface area contributed by atoms with Crippen molar-refractivity contribution < 1.29 is 4.39 Å². The summed E-state index contributed by atoms with van der Waals surface area (Å²) in [5.41, 5.74) is -0.000767. The summed E-state index contributed by atoms with van der Waals surface area (Å²) in [7, 11) is 0. The van der Waals surface area contributed by atoms with Gasteiger partial charge in [-0.25, -0.2) is 9.37 Å². The molecule has 1 fully saturated rings. The van der Waals surface area contributed by atoms with Crippen molar-refractivity contribution in [3.63, 3.8) is 0 Å². The number of hydrogen-bond donors (Lipinski definition) is 1. The highest BCUT2D eigenvalue weighted by Crippen LogP contribution is 2.27. The van der Waals surface area contributed by atoms with Gasteiger partial charge in [0.2, 0.25) is 0 Å². The summed E-state index contributed by atoms with van der Waals surface area (Å²) in [6.45, 7) is 9.45. The number of fused-ring (bicyclic) bond motifs is 1. The third-order valence-corrected chi connectivity index (χ3v) is 5.48. The monoisotopic (exact) mass is 424 g/mol. The van der Waals surface area contributed by atoms with Gasteiger partial charge in [-0.15, -0.1) is 0 Å². The van der Waals surface area contributed by atoms with Crippen molar-refractivity contribution in [1.82, 2.24) is 19.8 Å². The number of benzene rings is 1. The van der Waals surface area contributed by atoms with Crippen molar-refractivity contribution in [2.75, 3.05) is 19.6 Å². The molecule has 1 aromatic carbocycles. The molecule has 0 aliphatic carbocycles. The van der Waals surface area contributed by atoms with Crippen molar-refractivity contribution in [3.05, 3.63) is 38.6 Å². The SMILES string of the molecule is CCC[C@H](c1nc2c(F)cc(Br)cc2c(=O)n1CC)N1CCN[C@@H](C)C1. The van der Waals surface area contributed by atoms with Gasteiger partial charge in [0.1, 0.15) is 11.3 Å². The van der Waals surface area contributed by atoms with Crippen molar-refractivity contribution in [2.45, 2.75) is 52.2 Å². The smallest absolute Gasteiger partial charge is 0.261 e. The van der Waals surface area contributed by atoms with Crippen molar-refractivity contribution >= 4 is 26.8 Å². The summed E-state index contributed by atoms with van der Waals surface area (Å²) in [6, 6.07) is 3.43. The van der Waals surface area contributed by atoms with Crippen LogP contribution in [0.3, 0.4) is 0 Å². The van der Waals surface area contributed by atoms with E-state index in [-0.39, 0.29) is 17.1 Å². The second-order valence-corrected chi connectivity index (χ2v) is 7.87. The fourth-order valence-corrected chi connectivity index (χ4v) is 4.25. The Morgan fingerprint density at radius 1 is 1.42 bits per heavy atom. The fourth-order valence-electron chi connectivity index (χ4n) is 3.82. The molecule has 1 aliphatic rings. The molecule has 0 spiro atoms. The van der Waals surface area contributed by atoms with Crippen LogP contribution < -0.4 is 10.9 Å². The van der Waals surface area contributed by atoms with E-state index >= 15 is 0 Å². The van der Waals surface area contributed by atoms with Gasteiger partial charge in [-0.05, 0) is 32.4 Å². The summed E-state index contributed by atoms with van der Waals surface area (Å²) in [6.07, 6.45) is 1.87. The number of nitrogens with one attached hydrogen (secondary N) is 1. The second-order valence-electron chi connectivity index (χ2n) is 6.96. The predicted octanol–water partition coefficient (Wildman–Crippen LogP) is 3.45. The minimum absolute atomic E-state index is 0.0182. The van der Waals surface area contributed by atoms with Crippen LogP contribution in [-0.2, 0) is 6.54 Å². The molecule has 26 heavy (non-hydrogen) atoms. The first-order chi connectivity index (χ1) is 12.5. The molecule has 0 radical (unpaired) electrons. The Kier molecular flexibility index (Phi) is 6.10. The summed E-state index contributed by atoms with van der Waals surface area (Å²) >= 11 is 3.27. The Morgan fingerprint density at radius 3 is 2.85 bits per heavy atom. The van der Waals surface area contributed by atoms with Gasteiger partial charge in [0.15, 0.2) is 5.82 Å². The highest BCUT2D eigenvalue weighted by Gasteiger charge is 2.28. The van der Waals surface area contributed by atoms with Gasteiger partial charge < -0.3 is 5.32 Å². The first kappa shape index (κ1) is 19.5. The normalized spacial score (nSPS) is 19.8. The van der Waals surface area contributed by atoms with E-state index in [1.165, 1.54) is 6.07 Å². The van der Waals surface area contributed by atoms with E-state index in [2.05, 4.69) is 45.0 Å². The number of aromatic nitrogens is 2. The zero-order chi connectivity index (χ0) is 18.8. The van der Waals surface area contributed by atoms with Crippen LogP contribution >= 0.6 is 15.9 Å². The minimum atomic E-state index is -0.458. The van der Waals surface area contributed by atoms with Crippen LogP contribution in [0.15, 0.2) is 21.4 Å². The van der Waals surface area contributed by atoms with Crippen molar-refractivity contribution in [3.8, 4) is 0 Å². The summed E-state index contributed by atoms with van der Waals surface area (Å²) in [5, 5.41) is 3.77. The van der Waals surface area contributed by atoms with E-state index in [0.29, 0.717) is 28.3 Å². The first-order valence-corrected chi connectivity index (χ1v) is 10.1. The van der Waals surface area contributed by atoms with Crippen molar-refractivity contribution in [2.24, 2.45) is 0 Å². The van der Waals surface area contributed by atoms with Gasteiger partial charge in [0.25, 0.3) is 5.56 Å². The van der Waals surface area contributed by atoms with E-state index in [4.69, 9.17) is 0 Å². The molecule has 1 aromatic heterocycles. The average molecular weight is 425 g/mol. The Hall–Kier alpha value is -1.31. The molecule has 2 heterocycles. The van der Waals surface area contributed by atoms with Crippen LogP contribution in [0, 0.1) is 5.82 Å². The number of nitrogens with zero attached hydrogens (tertiary/aromatic N) is 3. The molecule has 142 valence electrons. The lowest BCUT2D eigenvalue weighted by atomic mass is 10.1. The molecule has 5 nitrogen and oxygen atoms in total. The average Bonchev–Trinajstić information content (AvgIpc) is 2.60. The molecule has 0 amide bonds. The highest BCUT2D eigenvalue weighted by atomic mass is 79.9. The highest BCUT2D eigenvalue weighted by molar-refractivity contribution is 9.10. The maximum absolute atomic E-state index is 14.5. The zero-order valence-electron chi connectivity index (χ0n) is 15.6. The molecule has 1 aliphatic heterocycles. The third-order valence-electron chi connectivity index (χ3n) is 5.02. The molecule has 1 N–H and O–H groups in total. The van der Waals surface area contributed by atoms with Gasteiger partial charge in [0.05, 0.1) is 11.4 Å². The predicted molar refractivity (Wildman–Crippen MR) is 106 cm³/mol. The Bertz CT molecular complexity index is 854. The molecule has 1 saturated heterocycles. The number of halogens is 2. The van der Waals surface area contributed by atoms with E-state index in [0.717, 1.165) is 32.5 Å². The molecule has 2 atom stereocenters. The standard InChI is InChI=1S/C19H26BrFN4O/c1-4-6-16(24-8-7-22-12(3)11-24)18-23-17-14(19(26)25(18)5-2)9-13(20)10-15(17)21/h9-10,12,16,22H,4-8,11H2,1-3H3/t12-,16+/m0/s1. The van der Waals surface area contributed by atoms with Crippen LogP contribution in [0.5, 0.6) is 0 Å². The van der Waals surface area contributed by atoms with Gasteiger partial charge in [-0.2, -0.15) is 0 Å². The van der Waals surface area contributed by atoms with Crippen LogP contribution in [0.4, 0.5) is 4.39 Å². The molecule has 7 heteroatoms. The maximum atomic E-state index is 14.5. The van der Waals surface area contributed by atoms with Gasteiger partial charge in [0, 0.05) is 36.7 Å². The number of hydrogen-bond acceptors (Lipinski definition) is 4. The maximum Gasteiger partial charge on any atom is 0.261 e. The summed E-state index contributed by atoms with van der Waals surface area (Å²) in [4.78, 5) is 20.1. The molecule has 0 bridgehead atoms. The van der Waals surface area contributed by atoms with E-state index in [1.807, 2.05) is 6.92 Å². The minimum Gasteiger partial charge on any atom is -0.312 e. The van der Waals surface area contributed by atoms with Crippen LogP contribution in [-0.4, -0.2) is 40.1 Å². The quantitative estimate of drug-likeness (QED) is 0.798. The number of rotatable bonds is 5. The first-order valence-electron chi connectivity index (χ1n) is 9.33. The molecule has 0 unspecified atom stereocenters. The molecular formula is C19H26BrFN4O. The van der Waals surface area contributed by atoms with Crippen LogP contribution in [0.2, 0.25) is 0 Å². The Labute approximate surface area is 161 Å². The second kappa shape index (κ2) is 8.15. The van der Waals surface area contributed by atoms with Crippen molar-refractivity contribution in [1.29, 1.82) is 0 Å². The van der Waals surface area contributed by atoms with Crippen LogP contribution in [0.1, 0.15) is 45.5 Å². The van der Waals surface area contributed by atoms with Gasteiger partial charge in [-0.1, -0.05) is 29.3 Å². The van der Waals surface area contributed by atoms with Crippen LogP contribution in [0.25, 0.3) is 10.9 Å². The van der Waals surface area contributed by atoms with Gasteiger partial charge in [-0.3, -0.25) is 14.3 Å². The lowest BCUT2D eigenvalue weighted by molar-refractivity contribution is 0.132. The molecule has 0 saturated carbocycles.